The fourth-order valence-corrected chi connectivity index (χ4v) is 7.93. The number of carbonyl (C=O) groups is 7. The van der Waals surface area contributed by atoms with E-state index in [0.717, 1.165) is 27.7 Å². The molecule has 18 nitrogen and oxygen atoms in total. The van der Waals surface area contributed by atoms with Gasteiger partial charge in [-0.25, -0.2) is 9.59 Å². The van der Waals surface area contributed by atoms with Gasteiger partial charge in [0.25, 0.3) is 5.91 Å². The van der Waals surface area contributed by atoms with Gasteiger partial charge in [-0.05, 0) is 57.6 Å². The monoisotopic (exact) mass is 718 g/mol. The van der Waals surface area contributed by atoms with Crippen molar-refractivity contribution >= 4 is 47.6 Å². The van der Waals surface area contributed by atoms with Gasteiger partial charge in [0.1, 0.15) is 35.8 Å². The molecule has 0 aromatic heterocycles. The van der Waals surface area contributed by atoms with Gasteiger partial charge in [0.05, 0.1) is 0 Å². The summed E-state index contributed by atoms with van der Waals surface area (Å²) < 4.78 is 29.7. The summed E-state index contributed by atoms with van der Waals surface area (Å²) in [6.45, 7) is 4.43. The minimum absolute atomic E-state index is 0.0294. The molecule has 2 saturated carbocycles. The number of nitrogen functional groups attached to an aromatic ring is 1. The summed E-state index contributed by atoms with van der Waals surface area (Å²) >= 11 is 0. The lowest BCUT2D eigenvalue weighted by Crippen LogP contribution is -2.94. The van der Waals surface area contributed by atoms with Crippen LogP contribution in [0.4, 0.5) is 0 Å². The molecule has 6 N–H and O–H groups in total. The quantitative estimate of drug-likeness (QED) is 0.0905. The number of hydrogen-bond donors (Lipinski definition) is 5. The molecule has 1 aliphatic heterocycles. The number of carboxylic acids is 1. The van der Waals surface area contributed by atoms with Gasteiger partial charge in [0.2, 0.25) is 5.60 Å². The first-order valence-corrected chi connectivity index (χ1v) is 16.2. The van der Waals surface area contributed by atoms with Crippen LogP contribution in [0.25, 0.3) is 0 Å². The molecule has 1 saturated heterocycles. The summed E-state index contributed by atoms with van der Waals surface area (Å²) in [5, 5.41) is 20.2. The van der Waals surface area contributed by atoms with E-state index >= 15 is 0 Å². The molecule has 3 fully saturated rings. The third-order valence-corrected chi connectivity index (χ3v) is 9.63. The Bertz CT molecular complexity index is 1620. The molecular weight excluding hydrogens is 676 g/mol. The first-order chi connectivity index (χ1) is 23.9. The van der Waals surface area contributed by atoms with Crippen LogP contribution in [0.5, 0.6) is 0 Å². The van der Waals surface area contributed by atoms with Crippen LogP contribution in [0.1, 0.15) is 89.1 Å². The number of amidine groups is 1. The van der Waals surface area contributed by atoms with Crippen LogP contribution in [0.3, 0.4) is 0 Å². The average Bonchev–Trinajstić information content (AvgIpc) is 3.03. The van der Waals surface area contributed by atoms with E-state index < -0.39 is 88.9 Å². The lowest BCUT2D eigenvalue weighted by molar-refractivity contribution is -0.336. The van der Waals surface area contributed by atoms with E-state index in [1.54, 1.807) is 0 Å². The highest BCUT2D eigenvalue weighted by molar-refractivity contribution is 6.01. The molecule has 51 heavy (non-hydrogen) atoms. The lowest BCUT2D eigenvalue weighted by Gasteiger charge is -2.68. The molecule has 7 atom stereocenters. The molecule has 18 heteroatoms. The van der Waals surface area contributed by atoms with Crippen molar-refractivity contribution in [1.29, 1.82) is 5.41 Å². The van der Waals surface area contributed by atoms with Gasteiger partial charge >= 0.3 is 35.8 Å². The molecule has 278 valence electrons. The van der Waals surface area contributed by atoms with Gasteiger partial charge in [0, 0.05) is 38.8 Å². The van der Waals surface area contributed by atoms with E-state index in [-0.39, 0.29) is 49.9 Å². The summed E-state index contributed by atoms with van der Waals surface area (Å²) in [5.41, 5.74) is -0.919. The molecule has 0 bridgehead atoms. The Balaban J connectivity index is 2.10. The van der Waals surface area contributed by atoms with E-state index in [2.05, 4.69) is 10.8 Å². The van der Waals surface area contributed by atoms with E-state index in [1.807, 2.05) is 0 Å². The van der Waals surface area contributed by atoms with Gasteiger partial charge in [-0.15, -0.1) is 5.48 Å². The number of esters is 4. The number of benzene rings is 1. The number of amides is 1. The van der Waals surface area contributed by atoms with Crippen molar-refractivity contribution < 1.29 is 67.2 Å². The van der Waals surface area contributed by atoms with Gasteiger partial charge in [-0.3, -0.25) is 29.4 Å². The van der Waals surface area contributed by atoms with Crippen LogP contribution in [0.15, 0.2) is 24.3 Å². The van der Waals surface area contributed by atoms with Crippen molar-refractivity contribution in [2.45, 2.75) is 114 Å². The fraction of sp³-hybridized carbons (Fsp3) is 0.576. The van der Waals surface area contributed by atoms with Crippen molar-refractivity contribution in [1.82, 2.24) is 10.8 Å². The topological polar surface area (TPSA) is 269 Å². The maximum atomic E-state index is 14.2. The Kier molecular flexibility index (Phi) is 11.1. The second-order valence-electron chi connectivity index (χ2n) is 12.9. The average molecular weight is 719 g/mol. The Hall–Kier alpha value is -5.10. The summed E-state index contributed by atoms with van der Waals surface area (Å²) in [5.74, 6) is -7.40. The number of hydrogen-bond acceptors (Lipinski definition) is 15. The molecule has 1 aromatic carbocycles. The number of carboxylic acid groups (broad SMARTS) is 1. The number of ether oxygens (including phenoxy) is 5. The van der Waals surface area contributed by atoms with Gasteiger partial charge in [-0.1, -0.05) is 12.1 Å². The van der Waals surface area contributed by atoms with Crippen molar-refractivity contribution in [2.24, 2.45) is 5.73 Å². The molecule has 4 rings (SSSR count). The zero-order valence-corrected chi connectivity index (χ0v) is 28.8. The van der Waals surface area contributed by atoms with Crippen LogP contribution in [-0.2, 0) is 57.3 Å². The number of fused-ring (bicyclic) bond motifs is 1. The van der Waals surface area contributed by atoms with E-state index in [9.17, 15) is 38.7 Å². The number of nitrogens with two attached hydrogens (primary N) is 1. The smallest absolute Gasteiger partial charge is 0.354 e. The normalized spacial score (nSPS) is 31.5. The molecule has 0 radical (unpaired) electrons. The first kappa shape index (κ1) is 38.7. The highest BCUT2D eigenvalue weighted by Crippen LogP contribution is 2.60. The molecule has 3 aliphatic rings. The number of hydroxylamine groups is 1. The predicted octanol–water partition coefficient (Wildman–Crippen LogP) is 0.564. The zero-order chi connectivity index (χ0) is 37.9. The summed E-state index contributed by atoms with van der Waals surface area (Å²) in [7, 11) is 0. The van der Waals surface area contributed by atoms with Crippen LogP contribution in [0, 0.1) is 5.41 Å². The highest BCUT2D eigenvalue weighted by atomic mass is 16.7. The molecule has 1 heterocycles. The first-order valence-electron chi connectivity index (χ1n) is 16.2. The summed E-state index contributed by atoms with van der Waals surface area (Å²) in [4.78, 5) is 97.2. The van der Waals surface area contributed by atoms with Crippen molar-refractivity contribution in [3.8, 4) is 0 Å². The Labute approximate surface area is 292 Å². The maximum absolute atomic E-state index is 14.2. The molecule has 6 unspecified atom stereocenters. The molecular formula is C33H42N4O14. The van der Waals surface area contributed by atoms with E-state index in [0.29, 0.717) is 5.56 Å². The standard InChI is InChI=1S/C33H42N4O14/c1-17(38)47-23-8-6-14-31(46-16-25(42)43,26(23)49-19(3)40)32-15-7-9-24(48-18(2)39)33(32,50-20(4)41)30(5,29(45)51-37-32)36-28(44)22-12-10-21(11-13-22)27(34)35/h10-13,23-24,26,37H,6-9,14-16H2,1-5H3,(H3,34,35)(H,36,44)(H,42,43)/t23?,24?,26?,30-,31?,32?,33?/m0/s1. The van der Waals surface area contributed by atoms with Gasteiger partial charge < -0.3 is 44.7 Å². The predicted molar refractivity (Wildman–Crippen MR) is 170 cm³/mol. The SMILES string of the molecule is CC(=O)OC1CCCC(OCC(=O)O)(C23CCCC(OC(C)=O)C2(OC(C)=O)[C@@](C)(NC(=O)c2ccc(C(=N)N)cc2)C(=O)ON3)C1OC(C)=O. The molecule has 2 aliphatic carbocycles. The number of nitrogens with one attached hydrogen (secondary N) is 3. The van der Waals surface area contributed by atoms with Crippen LogP contribution in [-0.4, -0.2) is 99.9 Å². The van der Waals surface area contributed by atoms with E-state index in [4.69, 9.17) is 39.7 Å². The summed E-state index contributed by atoms with van der Waals surface area (Å²) in [6.07, 6.45) is -4.48. The number of carbonyl (C=O) groups excluding carboxylic acids is 6. The third-order valence-electron chi connectivity index (χ3n) is 9.63. The van der Waals surface area contributed by atoms with Crippen molar-refractivity contribution in [2.75, 3.05) is 6.61 Å². The largest absolute Gasteiger partial charge is 0.480 e. The van der Waals surface area contributed by atoms with Crippen molar-refractivity contribution in [3.63, 3.8) is 0 Å². The maximum Gasteiger partial charge on any atom is 0.354 e. The minimum Gasteiger partial charge on any atom is -0.480 e. The minimum atomic E-state index is -2.55. The third kappa shape index (κ3) is 6.84. The second kappa shape index (κ2) is 14.6. The highest BCUT2D eigenvalue weighted by Gasteiger charge is 2.84. The van der Waals surface area contributed by atoms with Crippen molar-refractivity contribution in [3.05, 3.63) is 35.4 Å². The van der Waals surface area contributed by atoms with Crippen LogP contribution < -0.4 is 16.5 Å². The second-order valence-corrected chi connectivity index (χ2v) is 12.9. The van der Waals surface area contributed by atoms with Crippen LogP contribution in [0.2, 0.25) is 0 Å². The Morgan fingerprint density at radius 1 is 0.922 bits per heavy atom. The fourth-order valence-electron chi connectivity index (χ4n) is 7.93. The summed E-state index contributed by atoms with van der Waals surface area (Å²) in [6, 6.07) is 5.45. The van der Waals surface area contributed by atoms with E-state index in [1.165, 1.54) is 31.2 Å². The number of rotatable bonds is 11. The van der Waals surface area contributed by atoms with Gasteiger partial charge in [-0.2, -0.15) is 0 Å². The number of aliphatic carboxylic acids is 1. The Morgan fingerprint density at radius 3 is 2.06 bits per heavy atom. The molecule has 1 amide bonds. The molecule has 0 spiro atoms. The molecule has 1 aromatic rings. The Morgan fingerprint density at radius 2 is 1.51 bits per heavy atom. The van der Waals surface area contributed by atoms with Gasteiger partial charge in [0.15, 0.2) is 11.6 Å². The van der Waals surface area contributed by atoms with Crippen LogP contribution >= 0.6 is 0 Å². The zero-order valence-electron chi connectivity index (χ0n) is 28.8. The lowest BCUT2D eigenvalue weighted by atomic mass is 9.49.